The fourth-order valence-electron chi connectivity index (χ4n) is 0.627. The lowest BCUT2D eigenvalue weighted by atomic mass is 10.2. The minimum atomic E-state index is -4.21. The molecule has 3 nitrogen and oxygen atoms in total. The third kappa shape index (κ3) is 6.44. The molecule has 0 saturated heterocycles. The van der Waals surface area contributed by atoms with Crippen molar-refractivity contribution >= 4 is 10.9 Å². The lowest BCUT2D eigenvalue weighted by molar-refractivity contribution is -0.137. The Labute approximate surface area is 80.4 Å². The summed E-state index contributed by atoms with van der Waals surface area (Å²) >= 11 is 0. The number of hydrogen-bond donors (Lipinski definition) is 2. The molecular formula is C7H8F3NO2S. The van der Waals surface area contributed by atoms with Gasteiger partial charge in [-0.15, -0.1) is 0 Å². The SMILES string of the molecule is FC(F)(F)c1ccccc1.N[SH](=O)=O. The van der Waals surface area contributed by atoms with E-state index in [-0.39, 0.29) is 0 Å². The molecule has 0 saturated carbocycles. The third-order valence-electron chi connectivity index (χ3n) is 1.10. The highest BCUT2D eigenvalue weighted by Gasteiger charge is 2.29. The van der Waals surface area contributed by atoms with Gasteiger partial charge in [-0.05, 0) is 0 Å². The molecule has 80 valence electrons. The molecule has 1 rings (SSSR count). The van der Waals surface area contributed by atoms with Gasteiger partial charge in [-0.3, -0.25) is 0 Å². The van der Waals surface area contributed by atoms with Gasteiger partial charge in [0.2, 0.25) is 0 Å². The summed E-state index contributed by atoms with van der Waals surface area (Å²) in [5.41, 5.74) is -0.602. The molecule has 0 aliphatic carbocycles. The molecule has 0 atom stereocenters. The van der Waals surface area contributed by atoms with Gasteiger partial charge in [0.1, 0.15) is 0 Å². The van der Waals surface area contributed by atoms with Gasteiger partial charge < -0.3 is 0 Å². The maximum absolute atomic E-state index is 11.8. The van der Waals surface area contributed by atoms with E-state index in [9.17, 15) is 13.2 Å². The summed E-state index contributed by atoms with van der Waals surface area (Å²) < 4.78 is 53.0. The zero-order valence-corrected chi connectivity index (χ0v) is 7.76. The Bertz CT molecular complexity index is 327. The third-order valence-corrected chi connectivity index (χ3v) is 1.10. The largest absolute Gasteiger partial charge is 0.416 e. The number of alkyl halides is 3. The van der Waals surface area contributed by atoms with E-state index in [1.54, 1.807) is 6.07 Å². The molecule has 0 aromatic heterocycles. The quantitative estimate of drug-likeness (QED) is 0.654. The van der Waals surface area contributed by atoms with Crippen LogP contribution < -0.4 is 5.14 Å². The Morgan fingerprint density at radius 3 is 1.64 bits per heavy atom. The van der Waals surface area contributed by atoms with Crippen LogP contribution in [0.5, 0.6) is 0 Å². The first-order valence-electron chi connectivity index (χ1n) is 3.35. The summed E-state index contributed by atoms with van der Waals surface area (Å²) in [4.78, 5) is 0. The minimum absolute atomic E-state index is 0.602. The lowest BCUT2D eigenvalue weighted by Gasteiger charge is -2.03. The Kier molecular flexibility index (Phi) is 5.18. The number of halogens is 3. The maximum atomic E-state index is 11.8. The maximum Gasteiger partial charge on any atom is 0.416 e. The van der Waals surface area contributed by atoms with Gasteiger partial charge in [0.15, 0.2) is 10.9 Å². The van der Waals surface area contributed by atoms with Gasteiger partial charge in [0, 0.05) is 0 Å². The first-order chi connectivity index (χ1) is 6.34. The van der Waals surface area contributed by atoms with Crippen molar-refractivity contribution < 1.29 is 21.6 Å². The van der Waals surface area contributed by atoms with Gasteiger partial charge in [-0.25, -0.2) is 13.6 Å². The highest BCUT2D eigenvalue weighted by molar-refractivity contribution is 7.69. The molecule has 0 heterocycles. The van der Waals surface area contributed by atoms with E-state index in [2.05, 4.69) is 5.14 Å². The van der Waals surface area contributed by atoms with Gasteiger partial charge in [0.25, 0.3) is 0 Å². The molecule has 0 bridgehead atoms. The number of hydrogen-bond acceptors (Lipinski definition) is 2. The van der Waals surface area contributed by atoms with E-state index in [4.69, 9.17) is 8.42 Å². The van der Waals surface area contributed by atoms with Crippen molar-refractivity contribution in [2.24, 2.45) is 5.14 Å². The Balaban J connectivity index is 0.000000364. The zero-order valence-electron chi connectivity index (χ0n) is 6.86. The summed E-state index contributed by atoms with van der Waals surface area (Å²) in [5, 5.41) is 4.06. The average Bonchev–Trinajstić information content (AvgIpc) is 2.03. The van der Waals surface area contributed by atoms with Crippen molar-refractivity contribution in [2.45, 2.75) is 6.18 Å². The van der Waals surface area contributed by atoms with Gasteiger partial charge in [0.05, 0.1) is 5.56 Å². The van der Waals surface area contributed by atoms with Gasteiger partial charge in [-0.1, -0.05) is 30.3 Å². The van der Waals surface area contributed by atoms with Crippen LogP contribution in [-0.2, 0) is 17.1 Å². The summed E-state index contributed by atoms with van der Waals surface area (Å²) in [5.74, 6) is 0. The number of rotatable bonds is 0. The molecule has 0 unspecified atom stereocenters. The Morgan fingerprint density at radius 1 is 1.07 bits per heavy atom. The lowest BCUT2D eigenvalue weighted by Crippen LogP contribution is -2.03. The van der Waals surface area contributed by atoms with Crippen LogP contribution in [0.2, 0.25) is 0 Å². The fraction of sp³-hybridized carbons (Fsp3) is 0.143. The van der Waals surface area contributed by atoms with Crippen molar-refractivity contribution in [1.29, 1.82) is 0 Å². The fourth-order valence-corrected chi connectivity index (χ4v) is 0.627. The van der Waals surface area contributed by atoms with E-state index < -0.39 is 22.6 Å². The van der Waals surface area contributed by atoms with Crippen LogP contribution in [-0.4, -0.2) is 8.42 Å². The van der Waals surface area contributed by atoms with E-state index in [1.165, 1.54) is 12.1 Å². The molecule has 1 aromatic carbocycles. The molecule has 0 spiro atoms. The summed E-state index contributed by atoms with van der Waals surface area (Å²) in [6.07, 6.45) is -4.21. The predicted octanol–water partition coefficient (Wildman–Crippen LogP) is 1.18. The first-order valence-corrected chi connectivity index (χ1v) is 4.60. The molecule has 14 heavy (non-hydrogen) atoms. The van der Waals surface area contributed by atoms with E-state index in [1.807, 2.05) is 0 Å². The summed E-state index contributed by atoms with van der Waals surface area (Å²) in [6, 6.07) is 6.36. The monoisotopic (exact) mass is 227 g/mol. The van der Waals surface area contributed by atoms with E-state index >= 15 is 0 Å². The Hall–Kier alpha value is -1.08. The zero-order chi connectivity index (χ0) is 11.2. The highest BCUT2D eigenvalue weighted by atomic mass is 32.2. The van der Waals surface area contributed by atoms with Crippen LogP contribution in [0.1, 0.15) is 5.56 Å². The second-order valence-corrected chi connectivity index (χ2v) is 2.72. The first kappa shape index (κ1) is 12.9. The van der Waals surface area contributed by atoms with Gasteiger partial charge in [-0.2, -0.15) is 13.2 Å². The van der Waals surface area contributed by atoms with Crippen LogP contribution in [0.15, 0.2) is 30.3 Å². The second kappa shape index (κ2) is 5.61. The molecule has 0 fully saturated rings. The van der Waals surface area contributed by atoms with Crippen LogP contribution in [0.4, 0.5) is 13.2 Å². The molecule has 7 heteroatoms. The van der Waals surface area contributed by atoms with Crippen molar-refractivity contribution in [3.63, 3.8) is 0 Å². The van der Waals surface area contributed by atoms with Crippen molar-refractivity contribution in [1.82, 2.24) is 0 Å². The van der Waals surface area contributed by atoms with Crippen molar-refractivity contribution in [2.75, 3.05) is 0 Å². The summed E-state index contributed by atoms with van der Waals surface area (Å²) in [6.45, 7) is 0. The average molecular weight is 227 g/mol. The molecule has 0 aliphatic rings. The summed E-state index contributed by atoms with van der Waals surface area (Å²) in [7, 11) is -2.62. The number of benzene rings is 1. The van der Waals surface area contributed by atoms with Crippen LogP contribution in [0.25, 0.3) is 0 Å². The Morgan fingerprint density at radius 2 is 1.43 bits per heavy atom. The molecular weight excluding hydrogens is 219 g/mol. The molecule has 2 N–H and O–H groups in total. The van der Waals surface area contributed by atoms with Crippen LogP contribution in [0.3, 0.4) is 0 Å². The van der Waals surface area contributed by atoms with Gasteiger partial charge >= 0.3 is 6.18 Å². The van der Waals surface area contributed by atoms with Crippen LogP contribution in [0, 0.1) is 0 Å². The molecule has 1 aromatic rings. The smallest absolute Gasteiger partial charge is 0.231 e. The van der Waals surface area contributed by atoms with E-state index in [0.29, 0.717) is 0 Å². The minimum Gasteiger partial charge on any atom is -0.231 e. The normalized spacial score (nSPS) is 10.6. The molecule has 0 radical (unpaired) electrons. The number of nitrogens with two attached hydrogens (primary N) is 1. The van der Waals surface area contributed by atoms with Crippen molar-refractivity contribution in [3.05, 3.63) is 35.9 Å². The predicted molar refractivity (Wildman–Crippen MR) is 45.9 cm³/mol. The standard InChI is InChI=1S/C7H5F3.H3NO2S/c8-7(9,10)6-4-2-1-3-5-6;1-4(2)3/h1-5H;4H,(H2,1,2,3). The van der Waals surface area contributed by atoms with Crippen LogP contribution >= 0.6 is 0 Å². The topological polar surface area (TPSA) is 60.2 Å². The molecule has 0 aliphatic heterocycles. The highest BCUT2D eigenvalue weighted by Crippen LogP contribution is 2.28. The van der Waals surface area contributed by atoms with Crippen molar-refractivity contribution in [3.8, 4) is 0 Å². The number of thiol groups is 1. The molecule has 0 amide bonds. The second-order valence-electron chi connectivity index (χ2n) is 2.15. The van der Waals surface area contributed by atoms with E-state index in [0.717, 1.165) is 12.1 Å².